The molecule has 0 fully saturated rings. The Kier molecular flexibility index (Phi) is 4.39. The number of halogens is 1. The highest BCUT2D eigenvalue weighted by atomic mass is 32.3. The van der Waals surface area contributed by atoms with Gasteiger partial charge >= 0.3 is 10.5 Å². The van der Waals surface area contributed by atoms with Gasteiger partial charge in [0.15, 0.2) is 12.0 Å². The Labute approximate surface area is 111 Å². The van der Waals surface area contributed by atoms with Crippen LogP contribution in [-0.4, -0.2) is 14.7 Å². The SMILES string of the molecule is Cc1c(C=O)c(C)c(OS(=O)(=O)F)c(C)c1CS. The highest BCUT2D eigenvalue weighted by Gasteiger charge is 2.21. The molecular formula is C11H13FO4S2. The molecular weight excluding hydrogens is 279 g/mol. The molecule has 0 N–H and O–H groups in total. The van der Waals surface area contributed by atoms with Crippen molar-refractivity contribution in [2.24, 2.45) is 0 Å². The third-order valence-corrected chi connectivity index (χ3v) is 3.54. The van der Waals surface area contributed by atoms with Gasteiger partial charge in [0.2, 0.25) is 0 Å². The van der Waals surface area contributed by atoms with Gasteiger partial charge in [-0.25, -0.2) is 0 Å². The van der Waals surface area contributed by atoms with Crippen LogP contribution in [-0.2, 0) is 16.3 Å². The van der Waals surface area contributed by atoms with E-state index in [0.717, 1.165) is 0 Å². The minimum Gasteiger partial charge on any atom is -0.358 e. The van der Waals surface area contributed by atoms with Gasteiger partial charge in [-0.15, -0.1) is 0 Å². The van der Waals surface area contributed by atoms with E-state index in [1.807, 2.05) is 0 Å². The molecule has 4 nitrogen and oxygen atoms in total. The van der Waals surface area contributed by atoms with Crippen molar-refractivity contribution in [1.29, 1.82) is 0 Å². The van der Waals surface area contributed by atoms with E-state index in [9.17, 15) is 17.1 Å². The summed E-state index contributed by atoms with van der Waals surface area (Å²) in [5.41, 5.74) is 2.41. The highest BCUT2D eigenvalue weighted by molar-refractivity contribution is 7.81. The summed E-state index contributed by atoms with van der Waals surface area (Å²) >= 11 is 4.11. The van der Waals surface area contributed by atoms with E-state index in [2.05, 4.69) is 16.8 Å². The van der Waals surface area contributed by atoms with Crippen LogP contribution in [0.2, 0.25) is 0 Å². The van der Waals surface area contributed by atoms with Crippen LogP contribution in [0.25, 0.3) is 0 Å². The first kappa shape index (κ1) is 15.0. The first-order valence-corrected chi connectivity index (χ1v) is 6.99. The summed E-state index contributed by atoms with van der Waals surface area (Å²) in [6, 6.07) is 0. The molecule has 0 saturated carbocycles. The van der Waals surface area contributed by atoms with Crippen molar-refractivity contribution in [3.8, 4) is 5.75 Å². The molecule has 0 aliphatic rings. The molecule has 1 rings (SSSR count). The maximum absolute atomic E-state index is 12.6. The lowest BCUT2D eigenvalue weighted by molar-refractivity contribution is 0.112. The topological polar surface area (TPSA) is 60.4 Å². The Hall–Kier alpha value is -1.08. The van der Waals surface area contributed by atoms with Gasteiger partial charge in [0.25, 0.3) is 0 Å². The fourth-order valence-electron chi connectivity index (χ4n) is 1.90. The van der Waals surface area contributed by atoms with Crippen LogP contribution in [0.5, 0.6) is 5.75 Å². The lowest BCUT2D eigenvalue weighted by Gasteiger charge is -2.17. The summed E-state index contributed by atoms with van der Waals surface area (Å²) in [6.07, 6.45) is 0.592. The number of aldehydes is 1. The fraction of sp³-hybridized carbons (Fsp3) is 0.364. The predicted molar refractivity (Wildman–Crippen MR) is 69.4 cm³/mol. The summed E-state index contributed by atoms with van der Waals surface area (Å²) in [6.45, 7) is 4.83. The van der Waals surface area contributed by atoms with Gasteiger partial charge in [0.05, 0.1) is 0 Å². The smallest absolute Gasteiger partial charge is 0.358 e. The van der Waals surface area contributed by atoms with Crippen LogP contribution in [0.1, 0.15) is 32.6 Å². The van der Waals surface area contributed by atoms with Crippen LogP contribution in [0.4, 0.5) is 3.89 Å². The normalized spacial score (nSPS) is 11.4. The Morgan fingerprint density at radius 1 is 1.22 bits per heavy atom. The van der Waals surface area contributed by atoms with Gasteiger partial charge in [-0.3, -0.25) is 4.79 Å². The maximum Gasteiger partial charge on any atom is 0.488 e. The van der Waals surface area contributed by atoms with Gasteiger partial charge in [-0.05, 0) is 37.5 Å². The fourth-order valence-corrected chi connectivity index (χ4v) is 2.83. The van der Waals surface area contributed by atoms with Crippen LogP contribution in [0.15, 0.2) is 0 Å². The number of thiol groups is 1. The van der Waals surface area contributed by atoms with Crippen molar-refractivity contribution in [2.75, 3.05) is 0 Å². The zero-order chi connectivity index (χ0) is 14.1. The summed E-state index contributed by atoms with van der Waals surface area (Å²) in [4.78, 5) is 11.0. The molecule has 0 heterocycles. The molecule has 0 atom stereocenters. The molecule has 0 aliphatic carbocycles. The van der Waals surface area contributed by atoms with Crippen LogP contribution in [0, 0.1) is 20.8 Å². The van der Waals surface area contributed by atoms with Crippen molar-refractivity contribution in [1.82, 2.24) is 0 Å². The van der Waals surface area contributed by atoms with Gasteiger partial charge in [-0.1, -0.05) is 3.89 Å². The second-order valence-electron chi connectivity index (χ2n) is 3.85. The molecule has 0 aromatic heterocycles. The zero-order valence-electron chi connectivity index (χ0n) is 10.2. The molecule has 100 valence electrons. The Bertz CT molecular complexity index is 594. The molecule has 0 spiro atoms. The van der Waals surface area contributed by atoms with Crippen molar-refractivity contribution in [3.63, 3.8) is 0 Å². The quantitative estimate of drug-likeness (QED) is 0.526. The largest absolute Gasteiger partial charge is 0.488 e. The molecule has 0 saturated heterocycles. The van der Waals surface area contributed by atoms with Gasteiger partial charge in [0.1, 0.15) is 0 Å². The number of hydrogen-bond donors (Lipinski definition) is 1. The monoisotopic (exact) mass is 292 g/mol. The van der Waals surface area contributed by atoms with E-state index in [-0.39, 0.29) is 5.75 Å². The van der Waals surface area contributed by atoms with Gasteiger partial charge in [-0.2, -0.15) is 21.0 Å². The number of carbonyl (C=O) groups is 1. The Morgan fingerprint density at radius 2 is 1.78 bits per heavy atom. The van der Waals surface area contributed by atoms with Crippen molar-refractivity contribution < 1.29 is 21.3 Å². The highest BCUT2D eigenvalue weighted by Crippen LogP contribution is 2.34. The van der Waals surface area contributed by atoms with Gasteiger partial charge < -0.3 is 4.18 Å². The molecule has 18 heavy (non-hydrogen) atoms. The average Bonchev–Trinajstić information content (AvgIpc) is 2.24. The molecule has 0 bridgehead atoms. The first-order valence-electron chi connectivity index (χ1n) is 5.05. The van der Waals surface area contributed by atoms with E-state index in [0.29, 0.717) is 39.9 Å². The van der Waals surface area contributed by atoms with E-state index in [4.69, 9.17) is 0 Å². The molecule has 7 heteroatoms. The number of carbonyl (C=O) groups excluding carboxylic acids is 1. The van der Waals surface area contributed by atoms with Crippen molar-refractivity contribution in [2.45, 2.75) is 26.5 Å². The average molecular weight is 292 g/mol. The number of hydrogen-bond acceptors (Lipinski definition) is 5. The van der Waals surface area contributed by atoms with E-state index >= 15 is 0 Å². The van der Waals surface area contributed by atoms with Crippen LogP contribution in [0.3, 0.4) is 0 Å². The molecule has 1 aromatic carbocycles. The molecule has 0 aliphatic heterocycles. The Morgan fingerprint density at radius 3 is 2.17 bits per heavy atom. The summed E-state index contributed by atoms with van der Waals surface area (Å²) in [5, 5.41) is 0. The number of benzene rings is 1. The predicted octanol–water partition coefficient (Wildman–Crippen LogP) is 2.45. The third-order valence-electron chi connectivity index (χ3n) is 2.85. The standard InChI is InChI=1S/C11H13FO4S2/c1-6-9(4-13)7(2)11(16-18(12,14)15)8(3)10(6)5-17/h4,17H,5H2,1-3H3. The van der Waals surface area contributed by atoms with Crippen LogP contribution < -0.4 is 4.18 Å². The summed E-state index contributed by atoms with van der Waals surface area (Å²) in [7, 11) is -5.13. The second-order valence-corrected chi connectivity index (χ2v) is 5.12. The van der Waals surface area contributed by atoms with E-state index in [1.54, 1.807) is 13.8 Å². The zero-order valence-corrected chi connectivity index (χ0v) is 11.9. The van der Waals surface area contributed by atoms with Gasteiger partial charge in [0, 0.05) is 16.9 Å². The van der Waals surface area contributed by atoms with E-state index < -0.39 is 10.5 Å². The Balaban J connectivity index is 3.65. The van der Waals surface area contributed by atoms with E-state index in [1.165, 1.54) is 6.92 Å². The molecule has 1 aromatic rings. The lowest BCUT2D eigenvalue weighted by Crippen LogP contribution is -2.09. The van der Waals surface area contributed by atoms with Crippen molar-refractivity contribution in [3.05, 3.63) is 27.8 Å². The molecule has 0 radical (unpaired) electrons. The number of rotatable bonds is 4. The third kappa shape index (κ3) is 2.84. The summed E-state index contributed by atoms with van der Waals surface area (Å²) < 4.78 is 38.2. The van der Waals surface area contributed by atoms with Crippen LogP contribution >= 0.6 is 12.6 Å². The summed E-state index contributed by atoms with van der Waals surface area (Å²) in [5.74, 6) is 0.149. The minimum absolute atomic E-state index is 0.144. The second kappa shape index (κ2) is 5.27. The van der Waals surface area contributed by atoms with Crippen molar-refractivity contribution >= 4 is 29.4 Å². The first-order chi connectivity index (χ1) is 8.22. The maximum atomic E-state index is 12.6. The molecule has 0 amide bonds. The lowest BCUT2D eigenvalue weighted by atomic mass is 9.94. The minimum atomic E-state index is -5.13. The molecule has 0 unspecified atom stereocenters.